The van der Waals surface area contributed by atoms with Gasteiger partial charge in [0.1, 0.15) is 5.82 Å². The van der Waals surface area contributed by atoms with Gasteiger partial charge in [-0.3, -0.25) is 4.79 Å². The number of carbonyl (C=O) groups excluding carboxylic acids is 1. The van der Waals surface area contributed by atoms with E-state index in [0.29, 0.717) is 17.4 Å². The fourth-order valence-electron chi connectivity index (χ4n) is 2.07. The molecule has 0 spiro atoms. The van der Waals surface area contributed by atoms with Crippen molar-refractivity contribution in [1.82, 2.24) is 0 Å². The van der Waals surface area contributed by atoms with Gasteiger partial charge in [0.05, 0.1) is 5.69 Å². The topological polar surface area (TPSA) is 29.1 Å². The first-order valence-corrected chi connectivity index (χ1v) is 8.73. The fourth-order valence-corrected chi connectivity index (χ4v) is 2.40. The quantitative estimate of drug-likeness (QED) is 0.291. The van der Waals surface area contributed by atoms with Crippen LogP contribution < -0.4 is 5.32 Å². The summed E-state index contributed by atoms with van der Waals surface area (Å²) >= 11 is 2.60. The summed E-state index contributed by atoms with van der Waals surface area (Å²) in [6, 6.07) is 1.41. The third-order valence-corrected chi connectivity index (χ3v) is 4.62. The summed E-state index contributed by atoms with van der Waals surface area (Å²) in [6.07, 6.45) is -5.96. The number of carbonyl (C=O) groups is 1. The largest absolute Gasteiger partial charge is 0.393 e. The molecule has 0 atom stereocenters. The van der Waals surface area contributed by atoms with Crippen LogP contribution in [0.25, 0.3) is 0 Å². The Balaban J connectivity index is 3.56. The van der Waals surface area contributed by atoms with Crippen LogP contribution in [0, 0.1) is 5.82 Å². The Labute approximate surface area is 189 Å². The van der Waals surface area contributed by atoms with Crippen molar-refractivity contribution in [2.75, 3.05) is 5.32 Å². The number of hydrogen-bond acceptors (Lipinski definition) is 1. The minimum atomic E-state index is -8.63. The van der Waals surface area contributed by atoms with E-state index in [1.807, 2.05) is 0 Å². The summed E-state index contributed by atoms with van der Waals surface area (Å²) in [4.78, 5) is 11.3. The molecule has 0 aliphatic rings. The van der Waals surface area contributed by atoms with Gasteiger partial charge in [-0.05, 0) is 18.2 Å². The lowest BCUT2D eigenvalue weighted by molar-refractivity contribution is -0.443. The van der Waals surface area contributed by atoms with Crippen LogP contribution in [0.1, 0.15) is 0 Å². The number of rotatable bonds is 9. The van der Waals surface area contributed by atoms with Crippen LogP contribution in [0.15, 0.2) is 22.7 Å². The maximum atomic E-state index is 13.8. The van der Waals surface area contributed by atoms with E-state index in [0.717, 1.165) is 6.07 Å². The Kier molecular flexibility index (Phi) is 7.82. The molecular weight excluding hydrogens is 613 g/mol. The summed E-state index contributed by atoms with van der Waals surface area (Å²) in [5.41, 5.74) is -1.49. The summed E-state index contributed by atoms with van der Waals surface area (Å²) in [5.74, 6) is -62.3. The molecule has 20 heteroatoms. The highest BCUT2D eigenvalue weighted by molar-refractivity contribution is 9.10. The van der Waals surface area contributed by atoms with Crippen LogP contribution in [0.3, 0.4) is 0 Å². The molecule has 1 N–H and O–H groups in total. The van der Waals surface area contributed by atoms with Gasteiger partial charge in [-0.25, -0.2) is 13.2 Å². The van der Waals surface area contributed by atoms with E-state index in [1.165, 1.54) is 0 Å². The molecule has 0 aliphatic carbocycles. The summed E-state index contributed by atoms with van der Waals surface area (Å²) in [7, 11) is 0. The van der Waals surface area contributed by atoms with Crippen LogP contribution in [0.2, 0.25) is 0 Å². The van der Waals surface area contributed by atoms with Gasteiger partial charge in [0.25, 0.3) is 0 Å². The lowest BCUT2D eigenvalue weighted by atomic mass is 9.89. The number of amides is 1. The van der Waals surface area contributed by atoms with Gasteiger partial charge in [0.15, 0.2) is 0 Å². The van der Waals surface area contributed by atoms with E-state index in [9.17, 15) is 79.4 Å². The maximum absolute atomic E-state index is 13.8. The molecule has 0 heterocycles. The first-order valence-electron chi connectivity index (χ1n) is 7.94. The molecule has 0 fully saturated rings. The van der Waals surface area contributed by atoms with Crippen molar-refractivity contribution < 1.29 is 79.4 Å². The van der Waals surface area contributed by atoms with Gasteiger partial charge in [-0.2, -0.15) is 61.5 Å². The van der Waals surface area contributed by atoms with Crippen molar-refractivity contribution in [1.29, 1.82) is 0 Å². The van der Waals surface area contributed by atoms with Gasteiger partial charge in [-0.15, -0.1) is 0 Å². The first kappa shape index (κ1) is 31.0. The molecule has 0 radical (unpaired) electrons. The Hall–Kier alpha value is -2.02. The fraction of sp³-hybridized carbons (Fsp3) is 0.533. The molecule has 1 aromatic rings. The van der Waals surface area contributed by atoms with Gasteiger partial charge in [0.2, 0.25) is 0 Å². The molecular formula is C15H5BrF17NO. The van der Waals surface area contributed by atoms with Crippen molar-refractivity contribution in [3.05, 3.63) is 28.5 Å². The Bertz CT molecular complexity index is 961. The summed E-state index contributed by atoms with van der Waals surface area (Å²) in [6.45, 7) is 0. The average Bonchev–Trinajstić information content (AvgIpc) is 2.68. The van der Waals surface area contributed by atoms with Crippen LogP contribution >= 0.6 is 15.9 Å². The minimum Gasteiger partial charge on any atom is -0.318 e. The molecule has 0 saturated heterocycles. The second-order valence-electron chi connectivity index (χ2n) is 6.45. The highest BCUT2D eigenvalue weighted by Crippen LogP contribution is 2.62. The van der Waals surface area contributed by atoms with E-state index in [4.69, 9.17) is 0 Å². The van der Waals surface area contributed by atoms with Crippen LogP contribution in [0.5, 0.6) is 0 Å². The zero-order chi connectivity index (χ0) is 28.2. The Morgan fingerprint density at radius 3 is 1.51 bits per heavy atom. The van der Waals surface area contributed by atoms with Crippen LogP contribution in [-0.2, 0) is 4.79 Å². The molecule has 0 unspecified atom stereocenters. The van der Waals surface area contributed by atoms with Crippen LogP contribution in [-0.4, -0.2) is 53.8 Å². The van der Waals surface area contributed by atoms with E-state index in [2.05, 4.69) is 15.9 Å². The van der Waals surface area contributed by atoms with E-state index < -0.39 is 65.3 Å². The van der Waals surface area contributed by atoms with Gasteiger partial charge < -0.3 is 5.32 Å². The predicted molar refractivity (Wildman–Crippen MR) is 83.4 cm³/mol. The zero-order valence-corrected chi connectivity index (χ0v) is 17.1. The predicted octanol–water partition coefficient (Wildman–Crippen LogP) is 7.24. The van der Waals surface area contributed by atoms with E-state index in [-0.39, 0.29) is 4.47 Å². The first-order chi connectivity index (χ1) is 15.2. The Morgan fingerprint density at radius 1 is 0.714 bits per heavy atom. The number of hydrogen-bond donors (Lipinski definition) is 1. The number of anilines is 1. The van der Waals surface area contributed by atoms with Crippen LogP contribution in [0.4, 0.5) is 80.3 Å². The zero-order valence-electron chi connectivity index (χ0n) is 15.5. The standard InChI is InChI=1S/C15H5BrF17NO/c16-4-1-2-6(5(17)3-4)34-8(35)10(22,23)12(26,27)14(30,31)15(32,33)13(28,29)11(24,25)9(20,21)7(18)19/h1-3,7H,(H,34,35). The molecule has 1 amide bonds. The molecule has 202 valence electrons. The second kappa shape index (κ2) is 8.82. The van der Waals surface area contributed by atoms with Gasteiger partial charge >= 0.3 is 53.8 Å². The average molecular weight is 618 g/mol. The molecule has 0 aliphatic heterocycles. The third kappa shape index (κ3) is 4.38. The highest BCUT2D eigenvalue weighted by atomic mass is 79.9. The highest BCUT2D eigenvalue weighted by Gasteiger charge is 2.94. The molecule has 0 saturated carbocycles. The Morgan fingerprint density at radius 2 is 1.11 bits per heavy atom. The summed E-state index contributed by atoms with van der Waals surface area (Å²) < 4.78 is 225. The third-order valence-electron chi connectivity index (χ3n) is 4.13. The lowest BCUT2D eigenvalue weighted by Gasteiger charge is -2.42. The molecule has 2 nitrogen and oxygen atoms in total. The monoisotopic (exact) mass is 617 g/mol. The van der Waals surface area contributed by atoms with Crippen molar-refractivity contribution >= 4 is 27.5 Å². The number of nitrogens with one attached hydrogen (secondary N) is 1. The number of alkyl halides is 16. The number of benzene rings is 1. The SMILES string of the molecule is O=C(Nc1ccc(Br)cc1F)C(F)(F)C(F)(F)C(F)(F)C(F)(F)C(F)(F)C(F)(F)C(F)(F)C(F)F. The molecule has 0 bridgehead atoms. The van der Waals surface area contributed by atoms with Crippen molar-refractivity contribution in [2.24, 2.45) is 0 Å². The molecule has 35 heavy (non-hydrogen) atoms. The van der Waals surface area contributed by atoms with Crippen molar-refractivity contribution in [3.8, 4) is 0 Å². The van der Waals surface area contributed by atoms with E-state index >= 15 is 0 Å². The minimum absolute atomic E-state index is 0.181. The molecule has 1 rings (SSSR count). The van der Waals surface area contributed by atoms with Crippen molar-refractivity contribution in [3.63, 3.8) is 0 Å². The maximum Gasteiger partial charge on any atom is 0.393 e. The molecule has 1 aromatic carbocycles. The summed E-state index contributed by atoms with van der Waals surface area (Å²) in [5, 5.41) is 0.518. The van der Waals surface area contributed by atoms with Gasteiger partial charge in [0, 0.05) is 4.47 Å². The normalized spacial score (nSPS) is 14.9. The van der Waals surface area contributed by atoms with Gasteiger partial charge in [-0.1, -0.05) is 15.9 Å². The van der Waals surface area contributed by atoms with Crippen molar-refractivity contribution in [2.45, 2.75) is 47.9 Å². The van der Waals surface area contributed by atoms with E-state index in [1.54, 1.807) is 0 Å². The smallest absolute Gasteiger partial charge is 0.318 e. The lowest BCUT2D eigenvalue weighted by Crippen LogP contribution is -2.74. The second-order valence-corrected chi connectivity index (χ2v) is 7.36. The number of halogens is 18. The molecule has 0 aromatic heterocycles.